The number of nitrogens with zero attached hydrogens (tertiary/aromatic N) is 4. The second-order valence-corrected chi connectivity index (χ2v) is 12.8. The molecule has 0 fully saturated rings. The van der Waals surface area contributed by atoms with Crippen LogP contribution in [0.3, 0.4) is 0 Å². The van der Waals surface area contributed by atoms with Crippen molar-refractivity contribution in [2.24, 2.45) is 0 Å². The van der Waals surface area contributed by atoms with Crippen molar-refractivity contribution in [1.29, 1.82) is 0 Å². The monoisotopic (exact) mass is 424 g/mol. The van der Waals surface area contributed by atoms with Crippen molar-refractivity contribution in [2.75, 3.05) is 0 Å². The molecule has 9 heteroatoms. The Morgan fingerprint density at radius 3 is 1.41 bits per heavy atom. The zero-order chi connectivity index (χ0) is 20.7. The molecule has 2 aliphatic heterocycles. The van der Waals surface area contributed by atoms with Crippen LogP contribution in [0, 0.1) is 10.8 Å². The van der Waals surface area contributed by atoms with Crippen molar-refractivity contribution in [1.82, 2.24) is 0 Å². The molecule has 6 nitrogen and oxygen atoms in total. The molecule has 0 aromatic heterocycles. The second kappa shape index (κ2) is 6.30. The van der Waals surface area contributed by atoms with Crippen molar-refractivity contribution >= 4 is 44.4 Å². The van der Waals surface area contributed by atoms with Gasteiger partial charge in [-0.1, -0.05) is 0 Å². The molecule has 0 aliphatic carbocycles. The van der Waals surface area contributed by atoms with Crippen LogP contribution in [0.4, 0.5) is 0 Å². The molecule has 2 rings (SSSR count). The fourth-order valence-corrected chi connectivity index (χ4v) is 13.4. The van der Waals surface area contributed by atoms with E-state index in [1.165, 1.54) is 0 Å². The molecule has 0 bridgehead atoms. The Morgan fingerprint density at radius 2 is 1.15 bits per heavy atom. The van der Waals surface area contributed by atoms with Crippen LogP contribution in [0.1, 0.15) is 55.4 Å². The molecule has 0 amide bonds. The molecule has 0 aromatic rings. The van der Waals surface area contributed by atoms with Crippen LogP contribution in [0.5, 0.6) is 0 Å². The normalized spacial score (nSPS) is 24.7. The van der Waals surface area contributed by atoms with E-state index in [4.69, 9.17) is 43.1 Å². The number of allylic oxidation sites excluding steroid dienone is 4. The summed E-state index contributed by atoms with van der Waals surface area (Å²) in [6.45, 7) is 15.8. The Kier molecular flexibility index (Phi) is 4.98. The van der Waals surface area contributed by atoms with E-state index in [2.05, 4.69) is 10.8 Å². The topological polar surface area (TPSA) is 33.2 Å². The molecule has 0 saturated carbocycles. The first kappa shape index (κ1) is 21.4. The van der Waals surface area contributed by atoms with Gasteiger partial charge in [0, 0.05) is 0 Å². The number of hydrogen-bond donors (Lipinski definition) is 0. The maximum absolute atomic E-state index is 6.70. The fraction of sp³-hybridized carbons (Fsp3) is 0.556. The Morgan fingerprint density at radius 1 is 0.815 bits per heavy atom. The molecule has 148 valence electrons. The van der Waals surface area contributed by atoms with Gasteiger partial charge in [-0.15, -0.1) is 0 Å². The van der Waals surface area contributed by atoms with Gasteiger partial charge in [-0.3, -0.25) is 0 Å². The molecule has 2 aliphatic rings. The second-order valence-electron chi connectivity index (χ2n) is 7.74. The van der Waals surface area contributed by atoms with E-state index >= 15 is 0 Å². The van der Waals surface area contributed by atoms with Crippen molar-refractivity contribution in [3.63, 3.8) is 0 Å². The Balaban J connectivity index is 3.40. The summed E-state index contributed by atoms with van der Waals surface area (Å²) < 4.78 is 26.9. The Labute approximate surface area is 172 Å². The molecule has 27 heavy (non-hydrogen) atoms. The van der Waals surface area contributed by atoms with E-state index in [0.29, 0.717) is 11.5 Å². The van der Waals surface area contributed by atoms with Gasteiger partial charge in [0.25, 0.3) is 0 Å². The van der Waals surface area contributed by atoms with E-state index in [1.54, 1.807) is 0 Å². The molecule has 1 spiro atoms. The van der Waals surface area contributed by atoms with Crippen molar-refractivity contribution in [2.45, 2.75) is 67.5 Å². The molecule has 0 atom stereocenters. The predicted molar refractivity (Wildman–Crippen MR) is 117 cm³/mol. The number of thiocyanates is 2. The van der Waals surface area contributed by atoms with E-state index in [0.717, 1.165) is 11.4 Å². The SMILES string of the molecule is CC1=CC(C)=[N+](C(C)C)[Si-2]2([N+]#C[S-])([N+]#C[S-])(O1)OC(C)=CC(C)=[N+]2C(C)C. The molecular weight excluding hydrogens is 396 g/mol. The standard InChI is InChI=1S/C18H30N4O2S2Si/c1-13(2)21-15(5)9-17(7)23-27(21,19-11-25,20-12-26)22(14(3)4)16(6)10-18(8)24-27/h9-10,13-14,25-26H,1-8H3/q+2/p-2. The van der Waals surface area contributed by atoms with Gasteiger partial charge in [-0.25, -0.2) is 0 Å². The Hall–Kier alpha value is -1.94. The molecule has 0 unspecified atom stereocenters. The van der Waals surface area contributed by atoms with E-state index in [1.807, 2.05) is 76.0 Å². The summed E-state index contributed by atoms with van der Waals surface area (Å²) in [5.41, 5.74) is 1.80. The zero-order valence-corrected chi connectivity index (χ0v) is 19.9. The maximum atomic E-state index is 6.70. The van der Waals surface area contributed by atoms with Gasteiger partial charge >= 0.3 is 173 Å². The molecule has 0 radical (unpaired) electrons. The summed E-state index contributed by atoms with van der Waals surface area (Å²) in [5.74, 6) is 1.23. The van der Waals surface area contributed by atoms with Crippen molar-refractivity contribution < 1.29 is 17.3 Å². The van der Waals surface area contributed by atoms with Gasteiger partial charge in [0.1, 0.15) is 0 Å². The average Bonchev–Trinajstić information content (AvgIpc) is 2.43. The summed E-state index contributed by atoms with van der Waals surface area (Å²) in [6.07, 6.45) is 3.88. The van der Waals surface area contributed by atoms with Crippen molar-refractivity contribution in [3.8, 4) is 10.8 Å². The Bertz CT molecular complexity index is 889. The van der Waals surface area contributed by atoms with Crippen LogP contribution in [0.2, 0.25) is 0 Å². The molecular formula is C18H28N4O2S2Si. The third kappa shape index (κ3) is 2.53. The van der Waals surface area contributed by atoms with E-state index < -0.39 is 7.76 Å². The van der Waals surface area contributed by atoms with Gasteiger partial charge < -0.3 is 0 Å². The third-order valence-electron chi connectivity index (χ3n) is 5.00. The van der Waals surface area contributed by atoms with Crippen LogP contribution in [-0.4, -0.2) is 39.8 Å². The van der Waals surface area contributed by atoms with Crippen molar-refractivity contribution in [3.05, 3.63) is 32.7 Å². The molecule has 0 N–H and O–H groups in total. The summed E-state index contributed by atoms with van der Waals surface area (Å²) >= 11 is 10.3. The first-order valence-corrected chi connectivity index (χ1v) is 12.4. The van der Waals surface area contributed by atoms with E-state index in [9.17, 15) is 0 Å². The molecule has 0 aromatic carbocycles. The third-order valence-corrected chi connectivity index (χ3v) is 12.1. The van der Waals surface area contributed by atoms with Gasteiger partial charge in [0.15, 0.2) is 0 Å². The van der Waals surface area contributed by atoms with Gasteiger partial charge in [-0.05, 0) is 0 Å². The number of rotatable bonds is 2. The predicted octanol–water partition coefficient (Wildman–Crippen LogP) is 3.63. The summed E-state index contributed by atoms with van der Waals surface area (Å²) in [7, 11) is -5.63. The van der Waals surface area contributed by atoms with Gasteiger partial charge in [-0.2, -0.15) is 0 Å². The van der Waals surface area contributed by atoms with Gasteiger partial charge in [0.05, 0.1) is 0 Å². The molecule has 0 saturated heterocycles. The minimum absolute atomic E-state index is 0.0852. The van der Waals surface area contributed by atoms with Crippen LogP contribution >= 0.6 is 0 Å². The van der Waals surface area contributed by atoms with E-state index in [-0.39, 0.29) is 12.1 Å². The van der Waals surface area contributed by atoms with Crippen LogP contribution in [0.15, 0.2) is 23.7 Å². The quantitative estimate of drug-likeness (QED) is 0.385. The first-order chi connectivity index (χ1) is 12.4. The van der Waals surface area contributed by atoms with Crippen LogP contribution in [-0.2, 0) is 34.1 Å². The zero-order valence-electron chi connectivity index (χ0n) is 17.2. The first-order valence-electron chi connectivity index (χ1n) is 8.99. The molecule has 2 heterocycles. The van der Waals surface area contributed by atoms with Crippen LogP contribution < -0.4 is 0 Å². The average molecular weight is 425 g/mol. The van der Waals surface area contributed by atoms with Crippen LogP contribution in [0.25, 0.3) is 9.02 Å². The summed E-state index contributed by atoms with van der Waals surface area (Å²) in [5, 5.41) is 5.10. The summed E-state index contributed by atoms with van der Waals surface area (Å²) in [4.78, 5) is 0. The minimum atomic E-state index is -5.63. The fourth-order valence-electron chi connectivity index (χ4n) is 5.05. The number of hydrogen-bond acceptors (Lipinski definition) is 4. The van der Waals surface area contributed by atoms with Gasteiger partial charge in [0.2, 0.25) is 0 Å². The summed E-state index contributed by atoms with van der Waals surface area (Å²) in [6, 6.07) is -0.170.